The molecule has 0 spiro atoms. The van der Waals surface area contributed by atoms with Gasteiger partial charge in [-0.2, -0.15) is 0 Å². The summed E-state index contributed by atoms with van der Waals surface area (Å²) in [5.41, 5.74) is 2.82. The highest BCUT2D eigenvalue weighted by atomic mass is 16.6. The van der Waals surface area contributed by atoms with Crippen molar-refractivity contribution in [2.24, 2.45) is 0 Å². The minimum Gasteiger partial charge on any atom is -0.445 e. The van der Waals surface area contributed by atoms with Crippen LogP contribution in [0.5, 0.6) is 0 Å². The number of ether oxygens (including phenoxy) is 1. The van der Waals surface area contributed by atoms with Crippen LogP contribution >= 0.6 is 0 Å². The second-order valence-electron chi connectivity index (χ2n) is 7.17. The molecule has 0 aliphatic carbocycles. The predicted molar refractivity (Wildman–Crippen MR) is 107 cm³/mol. The maximum atomic E-state index is 12.8. The van der Waals surface area contributed by atoms with Gasteiger partial charge in [0.2, 0.25) is 0 Å². The Labute approximate surface area is 164 Å². The van der Waals surface area contributed by atoms with Crippen LogP contribution in [0.1, 0.15) is 30.7 Å². The lowest BCUT2D eigenvalue weighted by atomic mass is 10.0. The first-order chi connectivity index (χ1) is 13.8. The van der Waals surface area contributed by atoms with E-state index in [0.717, 1.165) is 35.9 Å². The van der Waals surface area contributed by atoms with Gasteiger partial charge in [0.05, 0.1) is 17.1 Å². The number of imidazole rings is 1. The molecular formula is C22H25N3O3. The number of aliphatic hydroxyl groups is 1. The van der Waals surface area contributed by atoms with Crippen LogP contribution in [0.15, 0.2) is 54.6 Å². The van der Waals surface area contributed by atoms with Crippen molar-refractivity contribution < 1.29 is 14.6 Å². The average molecular weight is 379 g/mol. The number of hydrogen-bond acceptors (Lipinski definition) is 4. The SMILES string of the molecule is O=C(OCc1ccccc1)N1CCCCC1Cn1c(CO)nc2ccccc21. The zero-order valence-electron chi connectivity index (χ0n) is 15.8. The van der Waals surface area contributed by atoms with E-state index in [9.17, 15) is 9.90 Å². The van der Waals surface area contributed by atoms with Crippen molar-refractivity contribution in [3.05, 3.63) is 66.0 Å². The molecule has 2 aromatic carbocycles. The molecule has 1 N–H and O–H groups in total. The van der Waals surface area contributed by atoms with E-state index in [1.54, 1.807) is 0 Å². The molecule has 6 nitrogen and oxygen atoms in total. The first-order valence-electron chi connectivity index (χ1n) is 9.78. The number of para-hydroxylation sites is 2. The Hall–Kier alpha value is -2.86. The van der Waals surface area contributed by atoms with Gasteiger partial charge in [-0.15, -0.1) is 0 Å². The van der Waals surface area contributed by atoms with E-state index in [0.29, 0.717) is 18.9 Å². The molecule has 1 unspecified atom stereocenters. The van der Waals surface area contributed by atoms with E-state index in [-0.39, 0.29) is 25.3 Å². The molecule has 1 aromatic heterocycles. The summed E-state index contributed by atoms with van der Waals surface area (Å²) in [5.74, 6) is 0.629. The summed E-state index contributed by atoms with van der Waals surface area (Å²) in [7, 11) is 0. The molecule has 1 amide bonds. The molecule has 1 aliphatic rings. The van der Waals surface area contributed by atoms with Crippen LogP contribution in [0.2, 0.25) is 0 Å². The summed E-state index contributed by atoms with van der Waals surface area (Å²) in [5, 5.41) is 9.75. The van der Waals surface area contributed by atoms with Gasteiger partial charge in [0.1, 0.15) is 19.0 Å². The molecular weight excluding hydrogens is 354 g/mol. The molecule has 3 aromatic rings. The lowest BCUT2D eigenvalue weighted by Crippen LogP contribution is -2.46. The third-order valence-corrected chi connectivity index (χ3v) is 5.34. The number of piperidine rings is 1. The first-order valence-corrected chi connectivity index (χ1v) is 9.78. The summed E-state index contributed by atoms with van der Waals surface area (Å²) in [6.07, 6.45) is 2.70. The zero-order valence-corrected chi connectivity index (χ0v) is 15.8. The number of fused-ring (bicyclic) bond motifs is 1. The number of aromatic nitrogens is 2. The summed E-state index contributed by atoms with van der Waals surface area (Å²) >= 11 is 0. The Kier molecular flexibility index (Phi) is 5.58. The van der Waals surface area contributed by atoms with Gasteiger partial charge in [0.25, 0.3) is 0 Å². The first kappa shape index (κ1) is 18.5. The van der Waals surface area contributed by atoms with Gasteiger partial charge >= 0.3 is 6.09 Å². The van der Waals surface area contributed by atoms with E-state index in [1.807, 2.05) is 64.1 Å². The van der Waals surface area contributed by atoms with Crippen LogP contribution in [-0.2, 0) is 24.5 Å². The fraction of sp³-hybridized carbons (Fsp3) is 0.364. The number of hydrogen-bond donors (Lipinski definition) is 1. The standard InChI is InChI=1S/C22H25N3O3/c26-15-21-23-19-11-4-5-12-20(19)25(21)14-18-10-6-7-13-24(18)22(27)28-16-17-8-2-1-3-9-17/h1-5,8-9,11-12,18,26H,6-7,10,13-16H2. The van der Waals surface area contributed by atoms with Crippen molar-refractivity contribution in [2.75, 3.05) is 6.54 Å². The third kappa shape index (κ3) is 3.87. The maximum Gasteiger partial charge on any atom is 0.410 e. The van der Waals surface area contributed by atoms with Crippen LogP contribution in [0, 0.1) is 0 Å². The van der Waals surface area contributed by atoms with Gasteiger partial charge in [0, 0.05) is 13.1 Å². The lowest BCUT2D eigenvalue weighted by molar-refractivity contribution is 0.0636. The van der Waals surface area contributed by atoms with E-state index in [4.69, 9.17) is 4.74 Å². The Morgan fingerprint density at radius 1 is 1.11 bits per heavy atom. The quantitative estimate of drug-likeness (QED) is 0.734. The van der Waals surface area contributed by atoms with Gasteiger partial charge in [-0.25, -0.2) is 9.78 Å². The van der Waals surface area contributed by atoms with Crippen molar-refractivity contribution in [1.82, 2.24) is 14.5 Å². The summed E-state index contributed by atoms with van der Waals surface area (Å²) < 4.78 is 7.60. The lowest BCUT2D eigenvalue weighted by Gasteiger charge is -2.35. The van der Waals surface area contributed by atoms with Gasteiger partial charge in [-0.05, 0) is 37.0 Å². The predicted octanol–water partition coefficient (Wildman–Crippen LogP) is 3.72. The summed E-state index contributed by atoms with van der Waals surface area (Å²) in [6, 6.07) is 17.6. The largest absolute Gasteiger partial charge is 0.445 e. The fourth-order valence-electron chi connectivity index (χ4n) is 3.89. The molecule has 1 aliphatic heterocycles. The number of nitrogens with zero attached hydrogens (tertiary/aromatic N) is 3. The average Bonchev–Trinajstić information content (AvgIpc) is 3.11. The van der Waals surface area contributed by atoms with Crippen molar-refractivity contribution in [3.63, 3.8) is 0 Å². The Balaban J connectivity index is 1.50. The number of benzene rings is 2. The number of aliphatic hydroxyl groups excluding tert-OH is 1. The molecule has 1 atom stereocenters. The van der Waals surface area contributed by atoms with Crippen LogP contribution in [0.3, 0.4) is 0 Å². The van der Waals surface area contributed by atoms with Crippen molar-refractivity contribution >= 4 is 17.1 Å². The zero-order chi connectivity index (χ0) is 19.3. The third-order valence-electron chi connectivity index (χ3n) is 5.34. The second-order valence-corrected chi connectivity index (χ2v) is 7.17. The highest BCUT2D eigenvalue weighted by Gasteiger charge is 2.29. The molecule has 1 saturated heterocycles. The number of carbonyl (C=O) groups is 1. The van der Waals surface area contributed by atoms with Crippen LogP contribution in [0.4, 0.5) is 4.79 Å². The van der Waals surface area contributed by atoms with Crippen molar-refractivity contribution in [2.45, 2.75) is 45.1 Å². The van der Waals surface area contributed by atoms with E-state index < -0.39 is 0 Å². The smallest absolute Gasteiger partial charge is 0.410 e. The van der Waals surface area contributed by atoms with Gasteiger partial charge in [-0.3, -0.25) is 0 Å². The normalized spacial score (nSPS) is 17.0. The van der Waals surface area contributed by atoms with E-state index >= 15 is 0 Å². The molecule has 1 fully saturated rings. The van der Waals surface area contributed by atoms with Crippen LogP contribution in [0.25, 0.3) is 11.0 Å². The molecule has 2 heterocycles. The molecule has 0 saturated carbocycles. The monoisotopic (exact) mass is 379 g/mol. The summed E-state index contributed by atoms with van der Waals surface area (Å²) in [4.78, 5) is 19.1. The molecule has 6 heteroatoms. The minimum absolute atomic E-state index is 0.0277. The topological polar surface area (TPSA) is 67.6 Å². The number of likely N-dealkylation sites (tertiary alicyclic amines) is 1. The molecule has 146 valence electrons. The van der Waals surface area contributed by atoms with Gasteiger partial charge in [-0.1, -0.05) is 42.5 Å². The molecule has 0 bridgehead atoms. The van der Waals surface area contributed by atoms with Crippen molar-refractivity contribution in [1.29, 1.82) is 0 Å². The number of carbonyl (C=O) groups excluding carboxylic acids is 1. The number of amides is 1. The fourth-order valence-corrected chi connectivity index (χ4v) is 3.89. The summed E-state index contributed by atoms with van der Waals surface area (Å²) in [6.45, 7) is 1.45. The van der Waals surface area contributed by atoms with Crippen LogP contribution < -0.4 is 0 Å². The minimum atomic E-state index is -0.275. The van der Waals surface area contributed by atoms with E-state index in [1.165, 1.54) is 0 Å². The van der Waals surface area contributed by atoms with E-state index in [2.05, 4.69) is 4.98 Å². The molecule has 0 radical (unpaired) electrons. The highest BCUT2D eigenvalue weighted by Crippen LogP contribution is 2.23. The Morgan fingerprint density at radius 3 is 2.71 bits per heavy atom. The molecule has 28 heavy (non-hydrogen) atoms. The van der Waals surface area contributed by atoms with Gasteiger partial charge in [0.15, 0.2) is 0 Å². The second kappa shape index (κ2) is 8.44. The Bertz CT molecular complexity index is 939. The van der Waals surface area contributed by atoms with Gasteiger partial charge < -0.3 is 19.3 Å². The Morgan fingerprint density at radius 2 is 1.89 bits per heavy atom. The highest BCUT2D eigenvalue weighted by molar-refractivity contribution is 5.76. The van der Waals surface area contributed by atoms with Crippen LogP contribution in [-0.4, -0.2) is 38.2 Å². The number of rotatable bonds is 5. The maximum absolute atomic E-state index is 12.8. The molecule has 4 rings (SSSR count). The van der Waals surface area contributed by atoms with Crippen molar-refractivity contribution in [3.8, 4) is 0 Å².